The highest BCUT2D eigenvalue weighted by atomic mass is 16.5. The lowest BCUT2D eigenvalue weighted by molar-refractivity contribution is 0.365. The summed E-state index contributed by atoms with van der Waals surface area (Å²) in [5.74, 6) is 3.39. The maximum atomic E-state index is 5.55. The molecule has 0 saturated carbocycles. The van der Waals surface area contributed by atoms with Crippen LogP contribution in [0.25, 0.3) is 0 Å². The van der Waals surface area contributed by atoms with Gasteiger partial charge in [-0.2, -0.15) is 0 Å². The molecule has 20 heavy (non-hydrogen) atoms. The van der Waals surface area contributed by atoms with Crippen molar-refractivity contribution in [2.45, 2.75) is 38.6 Å². The molecule has 0 atom stereocenters. The smallest absolute Gasteiger partial charge is 0.148 e. The van der Waals surface area contributed by atoms with Crippen LogP contribution in [-0.2, 0) is 6.54 Å². The normalized spacial score (nSPS) is 14.4. The lowest BCUT2D eigenvalue weighted by Crippen LogP contribution is -2.16. The molecule has 0 aromatic heterocycles. The van der Waals surface area contributed by atoms with E-state index >= 15 is 0 Å². The molecule has 2 rings (SSSR count). The van der Waals surface area contributed by atoms with Crippen LogP contribution >= 0.6 is 0 Å². The van der Waals surface area contributed by atoms with Crippen molar-refractivity contribution in [3.05, 3.63) is 41.5 Å². The van der Waals surface area contributed by atoms with Crippen molar-refractivity contribution < 1.29 is 4.74 Å². The van der Waals surface area contributed by atoms with E-state index in [4.69, 9.17) is 11.2 Å². The molecule has 0 saturated heterocycles. The van der Waals surface area contributed by atoms with E-state index in [1.54, 1.807) is 5.57 Å². The fraction of sp³-hybridized carbons (Fsp3) is 0.444. The minimum absolute atomic E-state index is 0.323. The lowest BCUT2D eigenvalue weighted by atomic mass is 9.97. The molecule has 0 radical (unpaired) electrons. The number of rotatable bonds is 7. The number of benzene rings is 1. The second-order valence-electron chi connectivity index (χ2n) is 5.14. The molecule has 0 bridgehead atoms. The van der Waals surface area contributed by atoms with Gasteiger partial charge in [0.15, 0.2) is 0 Å². The van der Waals surface area contributed by atoms with E-state index in [-0.39, 0.29) is 0 Å². The molecule has 1 N–H and O–H groups in total. The third kappa shape index (κ3) is 4.75. The van der Waals surface area contributed by atoms with E-state index in [1.165, 1.54) is 31.2 Å². The van der Waals surface area contributed by atoms with Crippen molar-refractivity contribution in [3.63, 3.8) is 0 Å². The SMILES string of the molecule is C#CCOc1ccccc1CNCCC1=CCCCC1. The standard InChI is InChI=1S/C18H23NO/c1-2-14-20-18-11-7-6-10-17(18)15-19-13-12-16-8-4-3-5-9-16/h1,6-8,10-11,19H,3-5,9,12-15H2. The summed E-state index contributed by atoms with van der Waals surface area (Å²) in [5, 5.41) is 3.49. The number of nitrogens with one attached hydrogen (secondary N) is 1. The molecular weight excluding hydrogens is 246 g/mol. The summed E-state index contributed by atoms with van der Waals surface area (Å²) in [7, 11) is 0. The molecule has 2 nitrogen and oxygen atoms in total. The van der Waals surface area contributed by atoms with E-state index < -0.39 is 0 Å². The van der Waals surface area contributed by atoms with E-state index in [0.29, 0.717) is 6.61 Å². The van der Waals surface area contributed by atoms with E-state index in [0.717, 1.165) is 25.3 Å². The minimum atomic E-state index is 0.323. The van der Waals surface area contributed by atoms with Gasteiger partial charge >= 0.3 is 0 Å². The largest absolute Gasteiger partial charge is 0.481 e. The molecule has 0 fully saturated rings. The number of para-hydroxylation sites is 1. The highest BCUT2D eigenvalue weighted by Crippen LogP contribution is 2.20. The topological polar surface area (TPSA) is 21.3 Å². The molecular formula is C18H23NO. The number of allylic oxidation sites excluding steroid dienone is 1. The van der Waals surface area contributed by atoms with Crippen LogP contribution in [0, 0.1) is 12.3 Å². The summed E-state index contributed by atoms with van der Waals surface area (Å²) in [6, 6.07) is 8.06. The first kappa shape index (κ1) is 14.7. The number of ether oxygens (including phenoxy) is 1. The Morgan fingerprint density at radius 1 is 1.25 bits per heavy atom. The van der Waals surface area contributed by atoms with Gasteiger partial charge in [0.2, 0.25) is 0 Å². The fourth-order valence-corrected chi connectivity index (χ4v) is 2.51. The predicted octanol–water partition coefficient (Wildman–Crippen LogP) is 3.68. The van der Waals surface area contributed by atoms with Crippen molar-refractivity contribution in [1.29, 1.82) is 0 Å². The van der Waals surface area contributed by atoms with Gasteiger partial charge in [0.25, 0.3) is 0 Å². The Hall–Kier alpha value is -1.72. The third-order valence-corrected chi connectivity index (χ3v) is 3.61. The fourth-order valence-electron chi connectivity index (χ4n) is 2.51. The van der Waals surface area contributed by atoms with Crippen LogP contribution in [0.3, 0.4) is 0 Å². The van der Waals surface area contributed by atoms with Gasteiger partial charge in [-0.25, -0.2) is 0 Å². The van der Waals surface area contributed by atoms with Gasteiger partial charge in [0.1, 0.15) is 12.4 Å². The number of hydrogen-bond acceptors (Lipinski definition) is 2. The van der Waals surface area contributed by atoms with E-state index in [1.807, 2.05) is 18.2 Å². The van der Waals surface area contributed by atoms with Crippen LogP contribution in [0.1, 0.15) is 37.7 Å². The van der Waals surface area contributed by atoms with Crippen LogP contribution in [0.2, 0.25) is 0 Å². The Bertz CT molecular complexity index is 484. The Balaban J connectivity index is 1.76. The van der Waals surface area contributed by atoms with Gasteiger partial charge < -0.3 is 10.1 Å². The Kier molecular flexibility index (Phi) is 6.20. The molecule has 1 aromatic rings. The zero-order valence-corrected chi connectivity index (χ0v) is 12.0. The van der Waals surface area contributed by atoms with Crippen LogP contribution in [-0.4, -0.2) is 13.2 Å². The average molecular weight is 269 g/mol. The summed E-state index contributed by atoms with van der Waals surface area (Å²) in [6.07, 6.45) is 14.1. The summed E-state index contributed by atoms with van der Waals surface area (Å²) in [4.78, 5) is 0. The minimum Gasteiger partial charge on any atom is -0.481 e. The second-order valence-corrected chi connectivity index (χ2v) is 5.14. The molecule has 0 aliphatic heterocycles. The molecule has 0 spiro atoms. The summed E-state index contributed by atoms with van der Waals surface area (Å²) >= 11 is 0. The van der Waals surface area contributed by atoms with Gasteiger partial charge in [-0.05, 0) is 44.7 Å². The molecule has 0 unspecified atom stereocenters. The Labute approximate surface area is 122 Å². The van der Waals surface area contributed by atoms with Gasteiger partial charge in [-0.1, -0.05) is 35.8 Å². The van der Waals surface area contributed by atoms with E-state index in [2.05, 4.69) is 23.4 Å². The van der Waals surface area contributed by atoms with Gasteiger partial charge in [-0.15, -0.1) is 6.42 Å². The van der Waals surface area contributed by atoms with Crippen molar-refractivity contribution in [1.82, 2.24) is 5.32 Å². The molecule has 1 aliphatic carbocycles. The summed E-state index contributed by atoms with van der Waals surface area (Å²) in [6.45, 7) is 2.17. The first-order valence-corrected chi connectivity index (χ1v) is 7.43. The maximum absolute atomic E-state index is 5.55. The summed E-state index contributed by atoms with van der Waals surface area (Å²) in [5.41, 5.74) is 2.78. The van der Waals surface area contributed by atoms with Crippen molar-refractivity contribution >= 4 is 0 Å². The average Bonchev–Trinajstić information content (AvgIpc) is 2.51. The van der Waals surface area contributed by atoms with Gasteiger partial charge in [0, 0.05) is 12.1 Å². The van der Waals surface area contributed by atoms with Crippen molar-refractivity contribution in [2.75, 3.05) is 13.2 Å². The molecule has 0 amide bonds. The third-order valence-electron chi connectivity index (χ3n) is 3.61. The van der Waals surface area contributed by atoms with Crippen molar-refractivity contribution in [3.8, 4) is 18.1 Å². The molecule has 0 heterocycles. The number of hydrogen-bond donors (Lipinski definition) is 1. The van der Waals surface area contributed by atoms with Gasteiger partial charge in [0.05, 0.1) is 0 Å². The van der Waals surface area contributed by atoms with Crippen molar-refractivity contribution in [2.24, 2.45) is 0 Å². The monoisotopic (exact) mass is 269 g/mol. The zero-order chi connectivity index (χ0) is 14.0. The van der Waals surface area contributed by atoms with Crippen LogP contribution in [0.15, 0.2) is 35.9 Å². The van der Waals surface area contributed by atoms with Crippen LogP contribution in [0.5, 0.6) is 5.75 Å². The van der Waals surface area contributed by atoms with Gasteiger partial charge in [-0.3, -0.25) is 0 Å². The number of terminal acetylenes is 1. The lowest BCUT2D eigenvalue weighted by Gasteiger charge is -2.14. The molecule has 2 heteroatoms. The Morgan fingerprint density at radius 3 is 2.95 bits per heavy atom. The molecule has 1 aliphatic rings. The maximum Gasteiger partial charge on any atom is 0.148 e. The van der Waals surface area contributed by atoms with Crippen LogP contribution in [0.4, 0.5) is 0 Å². The molecule has 106 valence electrons. The predicted molar refractivity (Wildman–Crippen MR) is 83.6 cm³/mol. The zero-order valence-electron chi connectivity index (χ0n) is 12.0. The highest BCUT2D eigenvalue weighted by Gasteiger charge is 2.04. The quantitative estimate of drug-likeness (QED) is 0.463. The molecule has 1 aromatic carbocycles. The highest BCUT2D eigenvalue weighted by molar-refractivity contribution is 5.33. The van der Waals surface area contributed by atoms with Crippen LogP contribution < -0.4 is 10.1 Å². The first-order valence-electron chi connectivity index (χ1n) is 7.43. The second kappa shape index (κ2) is 8.45. The first-order chi connectivity index (χ1) is 9.90. The summed E-state index contributed by atoms with van der Waals surface area (Å²) < 4.78 is 5.55. The van der Waals surface area contributed by atoms with E-state index in [9.17, 15) is 0 Å². The Morgan fingerprint density at radius 2 is 2.15 bits per heavy atom.